The van der Waals surface area contributed by atoms with E-state index in [-0.39, 0.29) is 18.1 Å². The third-order valence-electron chi connectivity index (χ3n) is 3.65. The molecule has 1 aliphatic carbocycles. The quantitative estimate of drug-likeness (QED) is 0.615. The fourth-order valence-corrected chi connectivity index (χ4v) is 4.10. The molecular formula is C10H22N4O2S. The molecule has 100 valence electrons. The van der Waals surface area contributed by atoms with Crippen molar-refractivity contribution in [3.8, 4) is 0 Å². The molecule has 1 saturated heterocycles. The van der Waals surface area contributed by atoms with Crippen molar-refractivity contribution in [2.45, 2.75) is 50.2 Å². The van der Waals surface area contributed by atoms with E-state index in [2.05, 4.69) is 4.72 Å². The maximum Gasteiger partial charge on any atom is 0.279 e. The van der Waals surface area contributed by atoms with E-state index in [0.717, 1.165) is 32.1 Å². The Balaban J connectivity index is 1.96. The average Bonchev–Trinajstić information content (AvgIpc) is 2.69. The summed E-state index contributed by atoms with van der Waals surface area (Å²) in [6, 6.07) is -0.216. The van der Waals surface area contributed by atoms with E-state index in [1.807, 2.05) is 0 Å². The molecule has 3 atom stereocenters. The molecule has 0 bridgehead atoms. The van der Waals surface area contributed by atoms with Gasteiger partial charge in [0.15, 0.2) is 0 Å². The van der Waals surface area contributed by atoms with Crippen LogP contribution >= 0.6 is 0 Å². The van der Waals surface area contributed by atoms with Gasteiger partial charge in [0.25, 0.3) is 10.2 Å². The molecule has 1 saturated carbocycles. The minimum atomic E-state index is -3.40. The summed E-state index contributed by atoms with van der Waals surface area (Å²) < 4.78 is 28.3. The largest absolute Gasteiger partial charge is 0.326 e. The fourth-order valence-electron chi connectivity index (χ4n) is 2.54. The molecule has 6 nitrogen and oxygen atoms in total. The Bertz CT molecular complexity index is 359. The van der Waals surface area contributed by atoms with Gasteiger partial charge in [-0.2, -0.15) is 17.4 Å². The van der Waals surface area contributed by atoms with Crippen molar-refractivity contribution in [1.29, 1.82) is 0 Å². The Kier molecular flexibility index (Phi) is 4.04. The van der Waals surface area contributed by atoms with E-state index >= 15 is 0 Å². The van der Waals surface area contributed by atoms with Crippen LogP contribution < -0.4 is 16.2 Å². The third-order valence-corrected chi connectivity index (χ3v) is 5.26. The Morgan fingerprint density at radius 2 is 1.82 bits per heavy atom. The molecule has 0 spiro atoms. The minimum absolute atomic E-state index is 0.0356. The Labute approximate surface area is 103 Å². The van der Waals surface area contributed by atoms with E-state index < -0.39 is 10.2 Å². The summed E-state index contributed by atoms with van der Waals surface area (Å²) >= 11 is 0. The Morgan fingerprint density at radius 1 is 1.12 bits per heavy atom. The van der Waals surface area contributed by atoms with Gasteiger partial charge >= 0.3 is 0 Å². The monoisotopic (exact) mass is 262 g/mol. The van der Waals surface area contributed by atoms with Crippen LogP contribution in [0.5, 0.6) is 0 Å². The molecule has 3 unspecified atom stereocenters. The number of rotatable bonds is 3. The highest BCUT2D eigenvalue weighted by molar-refractivity contribution is 7.87. The second-order valence-corrected chi connectivity index (χ2v) is 6.79. The molecule has 0 aromatic heterocycles. The summed E-state index contributed by atoms with van der Waals surface area (Å²) in [6.07, 6.45) is 4.60. The van der Waals surface area contributed by atoms with E-state index in [0.29, 0.717) is 13.1 Å². The van der Waals surface area contributed by atoms with Gasteiger partial charge in [-0.05, 0) is 19.3 Å². The number of hydrogen-bond donors (Lipinski definition) is 3. The van der Waals surface area contributed by atoms with Gasteiger partial charge in [-0.15, -0.1) is 0 Å². The topological polar surface area (TPSA) is 101 Å². The van der Waals surface area contributed by atoms with Gasteiger partial charge in [-0.3, -0.25) is 0 Å². The number of nitrogens with zero attached hydrogens (tertiary/aromatic N) is 1. The van der Waals surface area contributed by atoms with Gasteiger partial charge in [-0.25, -0.2) is 0 Å². The van der Waals surface area contributed by atoms with Crippen molar-refractivity contribution in [2.75, 3.05) is 13.1 Å². The lowest BCUT2D eigenvalue weighted by Crippen LogP contribution is -2.53. The fraction of sp³-hybridized carbons (Fsp3) is 1.00. The van der Waals surface area contributed by atoms with Crippen LogP contribution in [-0.4, -0.2) is 43.9 Å². The maximum absolute atomic E-state index is 12.1. The maximum atomic E-state index is 12.1. The SMILES string of the molecule is NC1CCN(S(=O)(=O)NC2CCCCC2N)C1. The van der Waals surface area contributed by atoms with Gasteiger partial charge in [-0.1, -0.05) is 12.8 Å². The molecule has 2 rings (SSSR count). The normalized spacial score (nSPS) is 36.2. The van der Waals surface area contributed by atoms with Crippen LogP contribution in [0.4, 0.5) is 0 Å². The van der Waals surface area contributed by atoms with Crippen molar-refractivity contribution >= 4 is 10.2 Å². The van der Waals surface area contributed by atoms with Crippen LogP contribution in [0.15, 0.2) is 0 Å². The van der Waals surface area contributed by atoms with Gasteiger partial charge in [0, 0.05) is 31.2 Å². The second kappa shape index (κ2) is 5.19. The van der Waals surface area contributed by atoms with E-state index in [1.165, 1.54) is 4.31 Å². The molecule has 1 heterocycles. The Morgan fingerprint density at radius 3 is 2.41 bits per heavy atom. The van der Waals surface area contributed by atoms with Crippen molar-refractivity contribution in [3.05, 3.63) is 0 Å². The van der Waals surface area contributed by atoms with Crippen LogP contribution in [0.25, 0.3) is 0 Å². The minimum Gasteiger partial charge on any atom is -0.326 e. The summed E-state index contributed by atoms with van der Waals surface area (Å²) in [5, 5.41) is 0. The molecule has 0 aromatic carbocycles. The van der Waals surface area contributed by atoms with Gasteiger partial charge in [0.2, 0.25) is 0 Å². The third kappa shape index (κ3) is 3.17. The number of nitrogens with one attached hydrogen (secondary N) is 1. The van der Waals surface area contributed by atoms with E-state index in [9.17, 15) is 8.42 Å². The first kappa shape index (κ1) is 13.2. The highest BCUT2D eigenvalue weighted by atomic mass is 32.2. The van der Waals surface area contributed by atoms with Gasteiger partial charge in [0.1, 0.15) is 0 Å². The van der Waals surface area contributed by atoms with Crippen molar-refractivity contribution < 1.29 is 8.42 Å². The zero-order chi connectivity index (χ0) is 12.5. The summed E-state index contributed by atoms with van der Waals surface area (Å²) in [4.78, 5) is 0. The Hall–Kier alpha value is -0.210. The van der Waals surface area contributed by atoms with Crippen LogP contribution in [0.3, 0.4) is 0 Å². The molecule has 0 radical (unpaired) electrons. The molecule has 1 aliphatic heterocycles. The number of hydrogen-bond acceptors (Lipinski definition) is 4. The highest BCUT2D eigenvalue weighted by Crippen LogP contribution is 2.19. The lowest BCUT2D eigenvalue weighted by Gasteiger charge is -2.30. The van der Waals surface area contributed by atoms with Gasteiger partial charge in [0.05, 0.1) is 0 Å². The summed E-state index contributed by atoms with van der Waals surface area (Å²) in [5.41, 5.74) is 11.7. The lowest BCUT2D eigenvalue weighted by atomic mass is 9.92. The van der Waals surface area contributed by atoms with Gasteiger partial charge < -0.3 is 11.5 Å². The zero-order valence-electron chi connectivity index (χ0n) is 10.0. The average molecular weight is 262 g/mol. The summed E-state index contributed by atoms with van der Waals surface area (Å²) in [5.74, 6) is 0. The molecule has 17 heavy (non-hydrogen) atoms. The molecular weight excluding hydrogens is 240 g/mol. The first-order chi connectivity index (χ1) is 7.99. The van der Waals surface area contributed by atoms with Crippen molar-refractivity contribution in [3.63, 3.8) is 0 Å². The molecule has 0 aromatic rings. The molecule has 5 N–H and O–H groups in total. The first-order valence-electron chi connectivity index (χ1n) is 6.27. The van der Waals surface area contributed by atoms with Crippen molar-refractivity contribution in [1.82, 2.24) is 9.03 Å². The highest BCUT2D eigenvalue weighted by Gasteiger charge is 2.33. The van der Waals surface area contributed by atoms with E-state index in [4.69, 9.17) is 11.5 Å². The molecule has 2 aliphatic rings. The lowest BCUT2D eigenvalue weighted by molar-refractivity contribution is 0.350. The smallest absolute Gasteiger partial charge is 0.279 e. The van der Waals surface area contributed by atoms with Crippen LogP contribution in [0.1, 0.15) is 32.1 Å². The van der Waals surface area contributed by atoms with E-state index in [1.54, 1.807) is 0 Å². The standard InChI is InChI=1S/C10H22N4O2S/c11-8-5-6-14(7-8)17(15,16)13-10-4-2-1-3-9(10)12/h8-10,13H,1-7,11-12H2. The molecule has 2 fully saturated rings. The summed E-state index contributed by atoms with van der Waals surface area (Å²) in [6.45, 7) is 0.926. The summed E-state index contributed by atoms with van der Waals surface area (Å²) in [7, 11) is -3.40. The second-order valence-electron chi connectivity index (χ2n) is 5.08. The molecule has 7 heteroatoms. The zero-order valence-corrected chi connectivity index (χ0v) is 10.8. The number of nitrogens with two attached hydrogens (primary N) is 2. The van der Waals surface area contributed by atoms with Crippen LogP contribution in [0, 0.1) is 0 Å². The predicted octanol–water partition coefficient (Wildman–Crippen LogP) is -0.876. The first-order valence-corrected chi connectivity index (χ1v) is 7.71. The predicted molar refractivity (Wildman–Crippen MR) is 66.5 cm³/mol. The van der Waals surface area contributed by atoms with Crippen LogP contribution in [0.2, 0.25) is 0 Å². The van der Waals surface area contributed by atoms with Crippen molar-refractivity contribution in [2.24, 2.45) is 11.5 Å². The molecule has 0 amide bonds. The van der Waals surface area contributed by atoms with Crippen LogP contribution in [-0.2, 0) is 10.2 Å².